The maximum absolute atomic E-state index is 14.9. The molecule has 0 aliphatic heterocycles. The SMILES string of the molecule is CCCC1CCC(/C=C/C2C=CC(C3CCC(c4ccc(C(O)CCC)c(F)c4F)CC3)CC2)CC1. The Kier molecular flexibility index (Phi) is 10.2. The Labute approximate surface area is 218 Å². The Morgan fingerprint density at radius 1 is 0.833 bits per heavy atom. The van der Waals surface area contributed by atoms with Crippen LogP contribution < -0.4 is 0 Å². The van der Waals surface area contributed by atoms with Crippen molar-refractivity contribution in [2.45, 2.75) is 116 Å². The Bertz CT molecular complexity index is 874. The Hall–Kier alpha value is -1.48. The minimum atomic E-state index is -0.924. The van der Waals surface area contributed by atoms with E-state index in [0.29, 0.717) is 29.7 Å². The Morgan fingerprint density at radius 2 is 1.58 bits per heavy atom. The number of hydrogen-bond donors (Lipinski definition) is 1. The van der Waals surface area contributed by atoms with E-state index in [4.69, 9.17) is 0 Å². The van der Waals surface area contributed by atoms with Gasteiger partial charge >= 0.3 is 0 Å². The fourth-order valence-electron chi connectivity index (χ4n) is 7.23. The van der Waals surface area contributed by atoms with Gasteiger partial charge in [0, 0.05) is 5.56 Å². The highest BCUT2D eigenvalue weighted by Gasteiger charge is 2.31. The van der Waals surface area contributed by atoms with Gasteiger partial charge in [-0.05, 0) is 112 Å². The van der Waals surface area contributed by atoms with E-state index < -0.39 is 17.7 Å². The normalized spacial score (nSPS) is 32.1. The summed E-state index contributed by atoms with van der Waals surface area (Å²) in [6, 6.07) is 3.33. The van der Waals surface area contributed by atoms with Gasteiger partial charge in [0.15, 0.2) is 11.6 Å². The first-order valence-electron chi connectivity index (χ1n) is 15.0. The molecule has 1 aromatic rings. The number of rotatable bonds is 9. The third kappa shape index (κ3) is 6.88. The van der Waals surface area contributed by atoms with Gasteiger partial charge in [0.05, 0.1) is 6.10 Å². The van der Waals surface area contributed by atoms with E-state index in [1.807, 2.05) is 6.92 Å². The van der Waals surface area contributed by atoms with Crippen molar-refractivity contribution in [3.8, 4) is 0 Å². The fraction of sp³-hybridized carbons (Fsp3) is 0.697. The molecule has 0 radical (unpaired) electrons. The average molecular weight is 499 g/mol. The molecule has 1 N–H and O–H groups in total. The molecule has 1 nitrogen and oxygen atoms in total. The minimum absolute atomic E-state index is 0.0868. The second-order valence-corrected chi connectivity index (χ2v) is 12.0. The zero-order chi connectivity index (χ0) is 25.5. The number of benzene rings is 1. The van der Waals surface area contributed by atoms with Gasteiger partial charge in [-0.2, -0.15) is 0 Å². The van der Waals surface area contributed by atoms with E-state index in [0.717, 1.165) is 43.9 Å². The lowest BCUT2D eigenvalue weighted by atomic mass is 9.70. The molecule has 3 unspecified atom stereocenters. The predicted octanol–water partition coefficient (Wildman–Crippen LogP) is 9.82. The second kappa shape index (κ2) is 13.4. The van der Waals surface area contributed by atoms with Crippen LogP contribution in [0.3, 0.4) is 0 Å². The van der Waals surface area contributed by atoms with Gasteiger partial charge in [-0.25, -0.2) is 8.78 Å². The molecule has 3 atom stereocenters. The standard InChI is InChI=1S/C33H48F2O/c1-3-5-23-7-9-24(10-8-23)11-12-25-13-15-26(16-14-25)27-17-19-28(20-18-27)29-21-22-30(31(36)6-4-2)33(35)32(29)34/h11-13,15,21-28,31,36H,3-10,14,16-20H2,1-2H3/b12-11+. The molecule has 1 aromatic carbocycles. The maximum Gasteiger partial charge on any atom is 0.164 e. The molecule has 2 saturated carbocycles. The summed E-state index contributed by atoms with van der Waals surface area (Å²) in [7, 11) is 0. The predicted molar refractivity (Wildman–Crippen MR) is 146 cm³/mol. The maximum atomic E-state index is 14.9. The first-order chi connectivity index (χ1) is 17.5. The summed E-state index contributed by atoms with van der Waals surface area (Å²) in [5.74, 6) is 2.14. The van der Waals surface area contributed by atoms with Gasteiger partial charge < -0.3 is 5.11 Å². The Balaban J connectivity index is 1.25. The van der Waals surface area contributed by atoms with Crippen molar-refractivity contribution in [1.82, 2.24) is 0 Å². The van der Waals surface area contributed by atoms with Gasteiger partial charge in [0.2, 0.25) is 0 Å². The molecule has 0 spiro atoms. The van der Waals surface area contributed by atoms with Crippen LogP contribution in [-0.2, 0) is 0 Å². The molecular weight excluding hydrogens is 450 g/mol. The number of hydrogen-bond acceptors (Lipinski definition) is 1. The highest BCUT2D eigenvalue weighted by atomic mass is 19.2. The van der Waals surface area contributed by atoms with Gasteiger partial charge in [-0.15, -0.1) is 0 Å². The quantitative estimate of drug-likeness (QED) is 0.336. The highest BCUT2D eigenvalue weighted by Crippen LogP contribution is 2.43. The third-order valence-electron chi connectivity index (χ3n) is 9.54. The fourth-order valence-corrected chi connectivity index (χ4v) is 7.23. The van der Waals surface area contributed by atoms with Crippen LogP contribution in [0.25, 0.3) is 0 Å². The molecule has 36 heavy (non-hydrogen) atoms. The van der Waals surface area contributed by atoms with Crippen LogP contribution in [0.4, 0.5) is 8.78 Å². The van der Waals surface area contributed by atoms with E-state index in [9.17, 15) is 13.9 Å². The summed E-state index contributed by atoms with van der Waals surface area (Å²) < 4.78 is 29.6. The van der Waals surface area contributed by atoms with E-state index in [2.05, 4.69) is 31.2 Å². The number of allylic oxidation sites excluding steroid dienone is 4. The van der Waals surface area contributed by atoms with Gasteiger partial charge in [-0.1, -0.05) is 69.5 Å². The topological polar surface area (TPSA) is 20.2 Å². The van der Waals surface area contributed by atoms with Crippen LogP contribution >= 0.6 is 0 Å². The molecule has 0 bridgehead atoms. The lowest BCUT2D eigenvalue weighted by Gasteiger charge is -2.35. The van der Waals surface area contributed by atoms with Crippen LogP contribution in [0.2, 0.25) is 0 Å². The van der Waals surface area contributed by atoms with Crippen molar-refractivity contribution in [1.29, 1.82) is 0 Å². The van der Waals surface area contributed by atoms with Crippen LogP contribution in [0.1, 0.15) is 127 Å². The number of aliphatic hydroxyl groups excluding tert-OH is 1. The van der Waals surface area contributed by atoms with Crippen molar-refractivity contribution < 1.29 is 13.9 Å². The molecular formula is C33H48F2O. The summed E-state index contributed by atoms with van der Waals surface area (Å²) >= 11 is 0. The molecule has 3 aliphatic carbocycles. The molecule has 2 fully saturated rings. The van der Waals surface area contributed by atoms with Crippen LogP contribution in [0.5, 0.6) is 0 Å². The molecule has 0 saturated heterocycles. The first-order valence-corrected chi connectivity index (χ1v) is 15.0. The van der Waals surface area contributed by atoms with Gasteiger partial charge in [-0.3, -0.25) is 0 Å². The summed E-state index contributed by atoms with van der Waals surface area (Å²) in [6.45, 7) is 4.24. The first kappa shape index (κ1) is 27.6. The van der Waals surface area contributed by atoms with Crippen LogP contribution in [0.15, 0.2) is 36.4 Å². The van der Waals surface area contributed by atoms with Crippen LogP contribution in [0, 0.1) is 41.2 Å². The largest absolute Gasteiger partial charge is 0.388 e. The van der Waals surface area contributed by atoms with Crippen molar-refractivity contribution in [2.24, 2.45) is 29.6 Å². The van der Waals surface area contributed by atoms with Crippen molar-refractivity contribution >= 4 is 0 Å². The monoisotopic (exact) mass is 498 g/mol. The summed E-state index contributed by atoms with van der Waals surface area (Å²) in [5, 5.41) is 10.1. The highest BCUT2D eigenvalue weighted by molar-refractivity contribution is 5.30. The molecule has 200 valence electrons. The van der Waals surface area contributed by atoms with E-state index in [-0.39, 0.29) is 11.5 Å². The lowest BCUT2D eigenvalue weighted by Crippen LogP contribution is -2.23. The summed E-state index contributed by atoms with van der Waals surface area (Å²) in [6.07, 6.45) is 25.0. The van der Waals surface area contributed by atoms with Gasteiger partial charge in [0.1, 0.15) is 0 Å². The smallest absolute Gasteiger partial charge is 0.164 e. The number of halogens is 2. The molecule has 3 aliphatic rings. The third-order valence-corrected chi connectivity index (χ3v) is 9.54. The molecule has 0 amide bonds. The average Bonchev–Trinajstić information content (AvgIpc) is 2.90. The summed E-state index contributed by atoms with van der Waals surface area (Å²) in [4.78, 5) is 0. The second-order valence-electron chi connectivity index (χ2n) is 12.0. The van der Waals surface area contributed by atoms with Crippen molar-refractivity contribution in [3.63, 3.8) is 0 Å². The zero-order valence-electron chi connectivity index (χ0n) is 22.6. The summed E-state index contributed by atoms with van der Waals surface area (Å²) in [5.41, 5.74) is 0.610. The van der Waals surface area contributed by atoms with E-state index >= 15 is 0 Å². The molecule has 0 heterocycles. The van der Waals surface area contributed by atoms with Crippen molar-refractivity contribution in [2.75, 3.05) is 0 Å². The lowest BCUT2D eigenvalue weighted by molar-refractivity contribution is 0.160. The molecule has 0 aromatic heterocycles. The van der Waals surface area contributed by atoms with Crippen LogP contribution in [-0.4, -0.2) is 5.11 Å². The minimum Gasteiger partial charge on any atom is -0.388 e. The zero-order valence-corrected chi connectivity index (χ0v) is 22.6. The molecule has 4 rings (SSSR count). The molecule has 3 heteroatoms. The number of aliphatic hydroxyl groups is 1. The van der Waals surface area contributed by atoms with E-state index in [1.54, 1.807) is 12.1 Å². The van der Waals surface area contributed by atoms with Gasteiger partial charge in [0.25, 0.3) is 0 Å². The van der Waals surface area contributed by atoms with Crippen molar-refractivity contribution in [3.05, 3.63) is 59.2 Å². The Morgan fingerprint density at radius 3 is 2.22 bits per heavy atom. The van der Waals surface area contributed by atoms with E-state index in [1.165, 1.54) is 51.4 Å².